The van der Waals surface area contributed by atoms with Gasteiger partial charge in [0.15, 0.2) is 5.75 Å². The van der Waals surface area contributed by atoms with Gasteiger partial charge in [0.1, 0.15) is 0 Å². The summed E-state index contributed by atoms with van der Waals surface area (Å²) in [4.78, 5) is 15.2. The van der Waals surface area contributed by atoms with Gasteiger partial charge in [-0.1, -0.05) is 30.3 Å². The Hall–Kier alpha value is -2.96. The molecule has 0 fully saturated rings. The summed E-state index contributed by atoms with van der Waals surface area (Å²) in [7, 11) is 0. The van der Waals surface area contributed by atoms with E-state index < -0.39 is 18.0 Å². The minimum absolute atomic E-state index is 0.0281. The van der Waals surface area contributed by atoms with Gasteiger partial charge in [0.2, 0.25) is 5.91 Å². The molecule has 3 rings (SSSR count). The summed E-state index contributed by atoms with van der Waals surface area (Å²) in [6.45, 7) is 0. The summed E-state index contributed by atoms with van der Waals surface area (Å²) in [6.07, 6.45) is -3.08. The zero-order valence-corrected chi connectivity index (χ0v) is 12.4. The Balaban J connectivity index is 1.76. The van der Waals surface area contributed by atoms with Crippen LogP contribution in [0.2, 0.25) is 0 Å². The Kier molecular flexibility index (Phi) is 4.16. The van der Waals surface area contributed by atoms with E-state index >= 15 is 0 Å². The number of halogens is 3. The van der Waals surface area contributed by atoms with E-state index in [-0.39, 0.29) is 12.1 Å². The van der Waals surface area contributed by atoms with Gasteiger partial charge in [-0.25, -0.2) is 0 Å². The predicted molar refractivity (Wildman–Crippen MR) is 83.8 cm³/mol. The van der Waals surface area contributed by atoms with Crippen LogP contribution in [0.15, 0.2) is 54.7 Å². The normalized spacial score (nSPS) is 11.5. The number of benzene rings is 2. The fraction of sp³-hybridized carbons (Fsp3) is 0.118. The SMILES string of the molecule is O=C(Cc1c[nH]c2ccccc12)Nc1ccccc1OC(F)(F)F. The standard InChI is InChI=1S/C17H13F3N2O2/c18-17(19,20)24-15-8-4-3-7-14(15)22-16(23)9-11-10-21-13-6-2-1-5-12(11)13/h1-8,10,21H,9H2,(H,22,23). The molecular formula is C17H13F3N2O2. The van der Waals surface area contributed by atoms with E-state index in [2.05, 4.69) is 15.0 Å². The number of carbonyl (C=O) groups is 1. The van der Waals surface area contributed by atoms with Gasteiger partial charge >= 0.3 is 6.36 Å². The van der Waals surface area contributed by atoms with Crippen LogP contribution in [0.25, 0.3) is 10.9 Å². The molecule has 1 aromatic heterocycles. The zero-order chi connectivity index (χ0) is 17.2. The lowest BCUT2D eigenvalue weighted by molar-refractivity contribution is -0.274. The van der Waals surface area contributed by atoms with Gasteiger partial charge in [-0.15, -0.1) is 13.2 Å². The molecule has 1 heterocycles. The van der Waals surface area contributed by atoms with E-state index in [9.17, 15) is 18.0 Å². The van der Waals surface area contributed by atoms with Crippen molar-refractivity contribution in [1.29, 1.82) is 0 Å². The molecule has 0 saturated carbocycles. The second-order valence-corrected chi connectivity index (χ2v) is 5.13. The second kappa shape index (κ2) is 6.27. The average molecular weight is 334 g/mol. The number of amides is 1. The lowest BCUT2D eigenvalue weighted by atomic mass is 10.1. The van der Waals surface area contributed by atoms with Gasteiger partial charge in [0.25, 0.3) is 0 Å². The van der Waals surface area contributed by atoms with Crippen LogP contribution in [0.5, 0.6) is 5.75 Å². The third-order valence-corrected chi connectivity index (χ3v) is 3.41. The van der Waals surface area contributed by atoms with E-state index in [0.29, 0.717) is 0 Å². The van der Waals surface area contributed by atoms with Gasteiger partial charge in [-0.3, -0.25) is 4.79 Å². The molecule has 2 N–H and O–H groups in total. The third kappa shape index (κ3) is 3.68. The Labute approximate surface area is 135 Å². The summed E-state index contributed by atoms with van der Waals surface area (Å²) < 4.78 is 41.1. The molecule has 0 radical (unpaired) electrons. The maximum Gasteiger partial charge on any atom is 0.573 e. The maximum atomic E-state index is 12.4. The van der Waals surface area contributed by atoms with Crippen molar-refractivity contribution in [3.05, 3.63) is 60.3 Å². The van der Waals surface area contributed by atoms with Crippen LogP contribution in [0.3, 0.4) is 0 Å². The molecule has 0 atom stereocenters. The fourth-order valence-corrected chi connectivity index (χ4v) is 2.43. The molecule has 1 amide bonds. The third-order valence-electron chi connectivity index (χ3n) is 3.41. The quantitative estimate of drug-likeness (QED) is 0.749. The molecule has 124 valence electrons. The van der Waals surface area contributed by atoms with Crippen LogP contribution in [0, 0.1) is 0 Å². The van der Waals surface area contributed by atoms with Crippen molar-refractivity contribution in [2.45, 2.75) is 12.8 Å². The molecule has 0 aliphatic carbocycles. The number of alkyl halides is 3. The molecule has 4 nitrogen and oxygen atoms in total. The highest BCUT2D eigenvalue weighted by atomic mass is 19.4. The topological polar surface area (TPSA) is 54.1 Å². The van der Waals surface area contributed by atoms with E-state index in [1.807, 2.05) is 24.3 Å². The molecule has 0 bridgehead atoms. The summed E-state index contributed by atoms with van der Waals surface area (Å²) in [5, 5.41) is 3.35. The van der Waals surface area contributed by atoms with Gasteiger partial charge in [-0.2, -0.15) is 0 Å². The van der Waals surface area contributed by atoms with Gasteiger partial charge in [0, 0.05) is 17.1 Å². The van der Waals surface area contributed by atoms with Gasteiger partial charge < -0.3 is 15.0 Å². The minimum atomic E-state index is -4.82. The minimum Gasteiger partial charge on any atom is -0.404 e. The van der Waals surface area contributed by atoms with Crippen LogP contribution < -0.4 is 10.1 Å². The number of hydrogen-bond acceptors (Lipinski definition) is 2. The number of fused-ring (bicyclic) bond motifs is 1. The monoisotopic (exact) mass is 334 g/mol. The first-order valence-corrected chi connectivity index (χ1v) is 7.12. The number of ether oxygens (including phenoxy) is 1. The number of H-pyrrole nitrogens is 1. The molecule has 24 heavy (non-hydrogen) atoms. The Morgan fingerprint density at radius 2 is 1.79 bits per heavy atom. The molecule has 3 aromatic rings. The summed E-state index contributed by atoms with van der Waals surface area (Å²) >= 11 is 0. The molecule has 0 unspecified atom stereocenters. The molecular weight excluding hydrogens is 321 g/mol. The van der Waals surface area contributed by atoms with E-state index in [1.54, 1.807) is 6.20 Å². The second-order valence-electron chi connectivity index (χ2n) is 5.13. The van der Waals surface area contributed by atoms with Crippen LogP contribution in [0.4, 0.5) is 18.9 Å². The number of carbonyl (C=O) groups excluding carboxylic acids is 1. The first-order valence-electron chi connectivity index (χ1n) is 7.12. The molecule has 0 saturated heterocycles. The van der Waals surface area contributed by atoms with E-state index in [0.717, 1.165) is 22.5 Å². The molecule has 2 aromatic carbocycles. The van der Waals surface area contributed by atoms with Crippen molar-refractivity contribution in [3.63, 3.8) is 0 Å². The molecule has 0 aliphatic heterocycles. The van der Waals surface area contributed by atoms with Crippen molar-refractivity contribution >= 4 is 22.5 Å². The summed E-state index contributed by atoms with van der Waals surface area (Å²) in [5.41, 5.74) is 1.62. The van der Waals surface area contributed by atoms with Gasteiger partial charge in [0.05, 0.1) is 12.1 Å². The number of aromatic nitrogens is 1. The van der Waals surface area contributed by atoms with Crippen LogP contribution in [0.1, 0.15) is 5.56 Å². The van der Waals surface area contributed by atoms with E-state index in [1.165, 1.54) is 18.2 Å². The van der Waals surface area contributed by atoms with Crippen LogP contribution in [-0.2, 0) is 11.2 Å². The zero-order valence-electron chi connectivity index (χ0n) is 12.4. The van der Waals surface area contributed by atoms with Crippen LogP contribution >= 0.6 is 0 Å². The number of anilines is 1. The number of aromatic amines is 1. The summed E-state index contributed by atoms with van der Waals surface area (Å²) in [5.74, 6) is -0.879. The van der Waals surface area contributed by atoms with Crippen molar-refractivity contribution in [1.82, 2.24) is 4.98 Å². The highest BCUT2D eigenvalue weighted by molar-refractivity contribution is 5.96. The number of hydrogen-bond donors (Lipinski definition) is 2. The predicted octanol–water partition coefficient (Wildman–Crippen LogP) is 4.25. The Bertz CT molecular complexity index is 871. The largest absolute Gasteiger partial charge is 0.573 e. The van der Waals surface area contributed by atoms with Crippen molar-refractivity contribution in [2.24, 2.45) is 0 Å². The highest BCUT2D eigenvalue weighted by Crippen LogP contribution is 2.30. The Morgan fingerprint density at radius 3 is 2.58 bits per heavy atom. The first kappa shape index (κ1) is 15.9. The number of rotatable bonds is 4. The molecule has 0 aliphatic rings. The average Bonchev–Trinajstić information content (AvgIpc) is 2.91. The van der Waals surface area contributed by atoms with Crippen molar-refractivity contribution < 1.29 is 22.7 Å². The Morgan fingerprint density at radius 1 is 1.08 bits per heavy atom. The van der Waals surface area contributed by atoms with Gasteiger partial charge in [-0.05, 0) is 23.8 Å². The van der Waals surface area contributed by atoms with Crippen molar-refractivity contribution in [2.75, 3.05) is 5.32 Å². The number of nitrogens with one attached hydrogen (secondary N) is 2. The maximum absolute atomic E-state index is 12.4. The lowest BCUT2D eigenvalue weighted by Crippen LogP contribution is -2.20. The van der Waals surface area contributed by atoms with Crippen molar-refractivity contribution in [3.8, 4) is 5.75 Å². The first-order chi connectivity index (χ1) is 11.4. The highest BCUT2D eigenvalue weighted by Gasteiger charge is 2.32. The molecule has 0 spiro atoms. The lowest BCUT2D eigenvalue weighted by Gasteiger charge is -2.13. The smallest absolute Gasteiger partial charge is 0.404 e. The molecule has 7 heteroatoms. The number of para-hydroxylation sites is 3. The van der Waals surface area contributed by atoms with Crippen LogP contribution in [-0.4, -0.2) is 17.3 Å². The van der Waals surface area contributed by atoms with E-state index in [4.69, 9.17) is 0 Å². The fourth-order valence-electron chi connectivity index (χ4n) is 2.43. The summed E-state index contributed by atoms with van der Waals surface area (Å²) in [6, 6.07) is 12.9.